The lowest BCUT2D eigenvalue weighted by Crippen LogP contribution is -2.49. The van der Waals surface area contributed by atoms with Crippen LogP contribution in [0, 0.1) is 11.6 Å². The van der Waals surface area contributed by atoms with Crippen molar-refractivity contribution in [3.05, 3.63) is 63.1 Å². The number of carbonyl (C=O) groups is 2. The summed E-state index contributed by atoms with van der Waals surface area (Å²) in [6, 6.07) is 2.65. The van der Waals surface area contributed by atoms with E-state index in [0.717, 1.165) is 25.3 Å². The largest absolute Gasteiger partial charge is 0.503 e. The molecule has 2 atom stereocenters. The quantitative estimate of drug-likeness (QED) is 0.802. The summed E-state index contributed by atoms with van der Waals surface area (Å²) >= 11 is 0. The van der Waals surface area contributed by atoms with E-state index in [-0.39, 0.29) is 35.4 Å². The Morgan fingerprint density at radius 1 is 1.27 bits per heavy atom. The number of hydrogen-bond donors (Lipinski definition) is 2. The third kappa shape index (κ3) is 3.24. The van der Waals surface area contributed by atoms with Gasteiger partial charge < -0.3 is 19.9 Å². The van der Waals surface area contributed by atoms with Crippen LogP contribution in [0.3, 0.4) is 0 Å². The Morgan fingerprint density at radius 3 is 2.77 bits per heavy atom. The summed E-state index contributed by atoms with van der Waals surface area (Å²) in [5.41, 5.74) is -1.35. The van der Waals surface area contributed by atoms with Crippen LogP contribution in [0.15, 0.2) is 29.2 Å². The molecule has 7 nitrogen and oxygen atoms in total. The topological polar surface area (TPSA) is 91.6 Å². The van der Waals surface area contributed by atoms with Gasteiger partial charge in [-0.3, -0.25) is 14.4 Å². The highest BCUT2D eigenvalue weighted by atomic mass is 19.1. The van der Waals surface area contributed by atoms with Crippen molar-refractivity contribution in [2.24, 2.45) is 0 Å². The number of aromatic nitrogens is 1. The van der Waals surface area contributed by atoms with Crippen molar-refractivity contribution < 1.29 is 23.5 Å². The average Bonchev–Trinajstić information content (AvgIpc) is 2.85. The molecule has 30 heavy (non-hydrogen) atoms. The Bertz CT molecular complexity index is 1100. The van der Waals surface area contributed by atoms with Gasteiger partial charge in [0, 0.05) is 37.0 Å². The molecular formula is C21H21F2N3O4. The highest BCUT2D eigenvalue weighted by Crippen LogP contribution is 2.36. The van der Waals surface area contributed by atoms with E-state index in [4.69, 9.17) is 0 Å². The summed E-state index contributed by atoms with van der Waals surface area (Å²) in [6.45, 7) is 2.19. The first-order chi connectivity index (χ1) is 14.3. The van der Waals surface area contributed by atoms with E-state index in [2.05, 4.69) is 5.32 Å². The summed E-state index contributed by atoms with van der Waals surface area (Å²) in [5.74, 6) is -3.57. The summed E-state index contributed by atoms with van der Waals surface area (Å²) < 4.78 is 28.4. The van der Waals surface area contributed by atoms with Gasteiger partial charge in [0.15, 0.2) is 11.4 Å². The molecule has 0 radical (unpaired) electrons. The van der Waals surface area contributed by atoms with Crippen LogP contribution < -0.4 is 10.7 Å². The fourth-order valence-electron chi connectivity index (χ4n) is 4.27. The fraction of sp³-hybridized carbons (Fsp3) is 0.381. The van der Waals surface area contributed by atoms with Gasteiger partial charge in [0.1, 0.15) is 17.2 Å². The van der Waals surface area contributed by atoms with Crippen LogP contribution in [0.4, 0.5) is 8.78 Å². The van der Waals surface area contributed by atoms with Crippen molar-refractivity contribution in [2.45, 2.75) is 44.8 Å². The average molecular weight is 417 g/mol. The van der Waals surface area contributed by atoms with Crippen LogP contribution >= 0.6 is 0 Å². The second-order valence-corrected chi connectivity index (χ2v) is 7.70. The molecule has 4 rings (SSSR count). The first kappa shape index (κ1) is 20.1. The smallest absolute Gasteiger partial charge is 0.274 e. The van der Waals surface area contributed by atoms with Gasteiger partial charge in [-0.2, -0.15) is 0 Å². The van der Waals surface area contributed by atoms with Crippen molar-refractivity contribution in [3.8, 4) is 5.75 Å². The highest BCUT2D eigenvalue weighted by molar-refractivity contribution is 5.99. The van der Waals surface area contributed by atoms with E-state index >= 15 is 0 Å². The summed E-state index contributed by atoms with van der Waals surface area (Å²) in [4.78, 5) is 39.8. The number of nitrogens with one attached hydrogen (secondary N) is 1. The Kier molecular flexibility index (Phi) is 5.05. The molecule has 0 unspecified atom stereocenters. The third-order valence-electron chi connectivity index (χ3n) is 5.93. The van der Waals surface area contributed by atoms with Crippen LogP contribution in [0.25, 0.3) is 0 Å². The Labute approximate surface area is 170 Å². The molecule has 0 spiro atoms. The zero-order chi connectivity index (χ0) is 21.6. The second-order valence-electron chi connectivity index (χ2n) is 7.70. The number of rotatable bonds is 3. The molecule has 2 bridgehead atoms. The van der Waals surface area contributed by atoms with Crippen molar-refractivity contribution >= 4 is 11.8 Å². The summed E-state index contributed by atoms with van der Waals surface area (Å²) in [6.07, 6.45) is 3.73. The van der Waals surface area contributed by atoms with Crippen molar-refractivity contribution in [1.29, 1.82) is 0 Å². The second kappa shape index (κ2) is 7.55. The monoisotopic (exact) mass is 417 g/mol. The van der Waals surface area contributed by atoms with Crippen molar-refractivity contribution in [1.82, 2.24) is 14.8 Å². The standard InChI is InChI=1S/C21H21F2N3O4/c1-11-16-4-2-3-7-25(11)21(30)17-19(28)18(27)14(10-26(16)17)20(29)24-9-12-5-6-13(22)8-15(12)23/h5-6,8,10-11,16,28H,2-4,7,9H2,1H3,(H,24,29)/t11-,16-/m1/s1. The van der Waals surface area contributed by atoms with Crippen LogP contribution in [0.2, 0.25) is 0 Å². The minimum atomic E-state index is -0.959. The molecule has 2 N–H and O–H groups in total. The number of amides is 2. The van der Waals surface area contributed by atoms with Gasteiger partial charge in [-0.1, -0.05) is 6.07 Å². The minimum Gasteiger partial charge on any atom is -0.503 e. The van der Waals surface area contributed by atoms with Crippen molar-refractivity contribution in [3.63, 3.8) is 0 Å². The molecule has 2 amide bonds. The van der Waals surface area contributed by atoms with E-state index in [9.17, 15) is 28.3 Å². The highest BCUT2D eigenvalue weighted by Gasteiger charge is 2.40. The molecule has 1 aromatic heterocycles. The minimum absolute atomic E-state index is 0.0512. The number of aromatic hydroxyl groups is 1. The molecule has 3 heterocycles. The third-order valence-corrected chi connectivity index (χ3v) is 5.93. The molecule has 2 aromatic rings. The summed E-state index contributed by atoms with van der Waals surface area (Å²) in [5, 5.41) is 12.9. The maximum absolute atomic E-state index is 13.8. The van der Waals surface area contributed by atoms with Gasteiger partial charge >= 0.3 is 0 Å². The number of hydrogen-bond acceptors (Lipinski definition) is 4. The molecule has 9 heteroatoms. The molecule has 1 fully saturated rings. The molecular weight excluding hydrogens is 396 g/mol. The molecule has 0 saturated carbocycles. The van der Waals surface area contributed by atoms with Gasteiger partial charge in [0.25, 0.3) is 11.8 Å². The maximum atomic E-state index is 13.8. The Balaban J connectivity index is 1.68. The Hall–Kier alpha value is -3.23. The molecule has 2 aliphatic heterocycles. The lowest BCUT2D eigenvalue weighted by Gasteiger charge is -2.40. The number of carbonyl (C=O) groups excluding carboxylic acids is 2. The predicted octanol–water partition coefficient (Wildman–Crippen LogP) is 2.33. The fourth-order valence-corrected chi connectivity index (χ4v) is 4.27. The molecule has 0 aliphatic carbocycles. The maximum Gasteiger partial charge on any atom is 0.274 e. The lowest BCUT2D eigenvalue weighted by molar-refractivity contribution is 0.0565. The number of pyridine rings is 1. The zero-order valence-electron chi connectivity index (χ0n) is 16.3. The number of benzene rings is 1. The molecule has 2 aliphatic rings. The van der Waals surface area contributed by atoms with Crippen LogP contribution in [0.5, 0.6) is 5.75 Å². The van der Waals surface area contributed by atoms with Crippen LogP contribution in [-0.2, 0) is 6.54 Å². The number of nitrogens with zero attached hydrogens (tertiary/aromatic N) is 2. The zero-order valence-corrected chi connectivity index (χ0v) is 16.3. The molecule has 1 aromatic carbocycles. The van der Waals surface area contributed by atoms with Gasteiger partial charge in [0.2, 0.25) is 5.43 Å². The van der Waals surface area contributed by atoms with E-state index in [1.807, 2.05) is 6.92 Å². The van der Waals surface area contributed by atoms with Crippen LogP contribution in [-0.4, -0.2) is 39.0 Å². The normalized spacial score (nSPS) is 20.5. The van der Waals surface area contributed by atoms with Gasteiger partial charge in [0.05, 0.1) is 6.04 Å². The van der Waals surface area contributed by atoms with E-state index < -0.39 is 34.6 Å². The first-order valence-electron chi connectivity index (χ1n) is 9.80. The number of halogens is 2. The Morgan fingerprint density at radius 2 is 2.03 bits per heavy atom. The lowest BCUT2D eigenvalue weighted by atomic mass is 9.99. The van der Waals surface area contributed by atoms with Gasteiger partial charge in [-0.15, -0.1) is 0 Å². The van der Waals surface area contributed by atoms with E-state index in [1.165, 1.54) is 16.8 Å². The van der Waals surface area contributed by atoms with Gasteiger partial charge in [-0.05, 0) is 32.3 Å². The summed E-state index contributed by atoms with van der Waals surface area (Å²) in [7, 11) is 0. The van der Waals surface area contributed by atoms with Crippen LogP contribution in [0.1, 0.15) is 58.6 Å². The molecule has 1 saturated heterocycles. The van der Waals surface area contributed by atoms with Crippen molar-refractivity contribution in [2.75, 3.05) is 6.54 Å². The molecule has 158 valence electrons. The van der Waals surface area contributed by atoms with Gasteiger partial charge in [-0.25, -0.2) is 8.78 Å². The van der Waals surface area contributed by atoms with E-state index in [0.29, 0.717) is 12.6 Å². The first-order valence-corrected chi connectivity index (χ1v) is 9.80. The van der Waals surface area contributed by atoms with E-state index in [1.54, 1.807) is 4.90 Å². The SMILES string of the molecule is C[C@@H]1[C@H]2CCCCN1C(=O)c1c(O)c(=O)c(C(=O)NCc3ccc(F)cc3F)cn12. The predicted molar refractivity (Wildman–Crippen MR) is 103 cm³/mol. The number of fused-ring (bicyclic) bond motifs is 4.